The average molecular weight is 441 g/mol. The summed E-state index contributed by atoms with van der Waals surface area (Å²) in [6.45, 7) is 6.83. The van der Waals surface area contributed by atoms with Crippen LogP contribution in [-0.2, 0) is 17.8 Å². The number of aromatic nitrogens is 2. The smallest absolute Gasteiger partial charge is 0.224 e. The van der Waals surface area contributed by atoms with Crippen molar-refractivity contribution in [2.45, 2.75) is 77.3 Å². The Hall–Kier alpha value is -1.98. The summed E-state index contributed by atoms with van der Waals surface area (Å²) in [4.78, 5) is 24.7. The zero-order chi connectivity index (χ0) is 21.8. The number of aryl methyl sites for hydroxylation is 2. The van der Waals surface area contributed by atoms with Gasteiger partial charge in [0.1, 0.15) is 5.82 Å². The topological polar surface area (TPSA) is 58.1 Å². The molecule has 0 bridgehead atoms. The number of nitrogens with zero attached hydrogens (tertiary/aromatic N) is 3. The Morgan fingerprint density at radius 2 is 1.81 bits per heavy atom. The molecule has 0 spiro atoms. The van der Waals surface area contributed by atoms with Gasteiger partial charge in [-0.15, -0.1) is 0 Å². The predicted octanol–water partition coefficient (Wildman–Crippen LogP) is 4.73. The fourth-order valence-corrected chi connectivity index (χ4v) is 5.14. The van der Waals surface area contributed by atoms with Crippen LogP contribution in [0.15, 0.2) is 24.3 Å². The van der Waals surface area contributed by atoms with Crippen molar-refractivity contribution in [3.63, 3.8) is 0 Å². The summed E-state index contributed by atoms with van der Waals surface area (Å²) < 4.78 is 0. The SMILES string of the molecule is Cc1nc([C@H]2CCN(Cc3ccccc3Cl)C2)nc(C)c1CC(=O)NC1CCCCC1. The molecular formula is C25H33ClN4O. The van der Waals surface area contributed by atoms with Gasteiger partial charge in [0.25, 0.3) is 0 Å². The Morgan fingerprint density at radius 3 is 2.52 bits per heavy atom. The van der Waals surface area contributed by atoms with Gasteiger partial charge in [0.15, 0.2) is 0 Å². The summed E-state index contributed by atoms with van der Waals surface area (Å²) in [7, 11) is 0. The minimum atomic E-state index is 0.0984. The molecule has 1 saturated carbocycles. The summed E-state index contributed by atoms with van der Waals surface area (Å²) >= 11 is 6.33. The number of amides is 1. The van der Waals surface area contributed by atoms with E-state index in [0.29, 0.717) is 18.4 Å². The summed E-state index contributed by atoms with van der Waals surface area (Å²) in [5, 5.41) is 4.04. The third-order valence-electron chi connectivity index (χ3n) is 6.73. The lowest BCUT2D eigenvalue weighted by Crippen LogP contribution is -2.37. The van der Waals surface area contributed by atoms with Crippen LogP contribution in [0.25, 0.3) is 0 Å². The monoisotopic (exact) mass is 440 g/mol. The van der Waals surface area contributed by atoms with E-state index in [4.69, 9.17) is 21.6 Å². The van der Waals surface area contributed by atoms with Crippen LogP contribution >= 0.6 is 11.6 Å². The number of hydrogen-bond donors (Lipinski definition) is 1. The summed E-state index contributed by atoms with van der Waals surface area (Å²) in [6, 6.07) is 8.38. The standard InChI is InChI=1S/C25H33ClN4O/c1-17-22(14-24(31)29-21-9-4-3-5-10-21)18(2)28-25(27-17)20-12-13-30(16-20)15-19-8-6-7-11-23(19)26/h6-8,11,20-21H,3-5,9-10,12-16H2,1-2H3,(H,29,31)/t20-/m0/s1. The van der Waals surface area contributed by atoms with Gasteiger partial charge in [-0.25, -0.2) is 9.97 Å². The van der Waals surface area contributed by atoms with Crippen molar-refractivity contribution in [3.8, 4) is 0 Å². The molecule has 0 radical (unpaired) electrons. The van der Waals surface area contributed by atoms with Crippen LogP contribution in [-0.4, -0.2) is 39.9 Å². The Bertz CT molecular complexity index is 902. The number of benzene rings is 1. The predicted molar refractivity (Wildman–Crippen MR) is 124 cm³/mol. The van der Waals surface area contributed by atoms with Crippen LogP contribution in [0.4, 0.5) is 0 Å². The highest BCUT2D eigenvalue weighted by atomic mass is 35.5. The molecule has 5 nitrogen and oxygen atoms in total. The normalized spacial score (nSPS) is 20.2. The summed E-state index contributed by atoms with van der Waals surface area (Å²) in [5.74, 6) is 1.33. The first-order valence-electron chi connectivity index (χ1n) is 11.6. The molecule has 0 unspecified atom stereocenters. The molecule has 1 aliphatic heterocycles. The van der Waals surface area contributed by atoms with E-state index >= 15 is 0 Å². The molecule has 1 aromatic heterocycles. The first kappa shape index (κ1) is 22.2. The number of rotatable bonds is 6. The summed E-state index contributed by atoms with van der Waals surface area (Å²) in [6.07, 6.45) is 7.35. The van der Waals surface area contributed by atoms with E-state index in [1.165, 1.54) is 19.3 Å². The maximum absolute atomic E-state index is 12.6. The zero-order valence-electron chi connectivity index (χ0n) is 18.7. The molecular weight excluding hydrogens is 408 g/mol. The van der Waals surface area contributed by atoms with E-state index in [1.54, 1.807) is 0 Å². The largest absolute Gasteiger partial charge is 0.353 e. The number of likely N-dealkylation sites (tertiary alicyclic amines) is 1. The first-order chi connectivity index (χ1) is 15.0. The zero-order valence-corrected chi connectivity index (χ0v) is 19.4. The minimum Gasteiger partial charge on any atom is -0.353 e. The first-order valence-corrected chi connectivity index (χ1v) is 12.0. The number of carbonyl (C=O) groups is 1. The van der Waals surface area contributed by atoms with Crippen LogP contribution in [0.5, 0.6) is 0 Å². The Kier molecular flexibility index (Phi) is 7.24. The van der Waals surface area contributed by atoms with Gasteiger partial charge < -0.3 is 5.32 Å². The second kappa shape index (κ2) is 10.1. The number of nitrogens with one attached hydrogen (secondary N) is 1. The molecule has 1 N–H and O–H groups in total. The van der Waals surface area contributed by atoms with E-state index in [-0.39, 0.29) is 5.91 Å². The average Bonchev–Trinajstić information content (AvgIpc) is 3.22. The Morgan fingerprint density at radius 1 is 1.10 bits per heavy atom. The second-order valence-corrected chi connectivity index (χ2v) is 9.53. The van der Waals surface area contributed by atoms with Crippen LogP contribution in [0, 0.1) is 13.8 Å². The fraction of sp³-hybridized carbons (Fsp3) is 0.560. The van der Waals surface area contributed by atoms with Crippen LogP contribution in [0.1, 0.15) is 72.8 Å². The van der Waals surface area contributed by atoms with Crippen molar-refractivity contribution >= 4 is 17.5 Å². The molecule has 2 heterocycles. The van der Waals surface area contributed by atoms with Crippen molar-refractivity contribution in [3.05, 3.63) is 57.6 Å². The molecule has 2 aromatic rings. The lowest BCUT2D eigenvalue weighted by Gasteiger charge is -2.23. The Balaban J connectivity index is 1.38. The molecule has 31 heavy (non-hydrogen) atoms. The van der Waals surface area contributed by atoms with Gasteiger partial charge in [-0.2, -0.15) is 0 Å². The van der Waals surface area contributed by atoms with Crippen molar-refractivity contribution in [1.82, 2.24) is 20.2 Å². The lowest BCUT2D eigenvalue weighted by molar-refractivity contribution is -0.121. The minimum absolute atomic E-state index is 0.0984. The molecule has 6 heteroatoms. The Labute approximate surface area is 190 Å². The van der Waals surface area contributed by atoms with Gasteiger partial charge in [0.2, 0.25) is 5.91 Å². The summed E-state index contributed by atoms with van der Waals surface area (Å²) in [5.41, 5.74) is 4.01. The van der Waals surface area contributed by atoms with Crippen LogP contribution < -0.4 is 5.32 Å². The van der Waals surface area contributed by atoms with Gasteiger partial charge >= 0.3 is 0 Å². The van der Waals surface area contributed by atoms with Crippen molar-refractivity contribution in [2.75, 3.05) is 13.1 Å². The van der Waals surface area contributed by atoms with Gasteiger partial charge in [-0.3, -0.25) is 9.69 Å². The third kappa shape index (κ3) is 5.64. The van der Waals surface area contributed by atoms with E-state index in [2.05, 4.69) is 16.3 Å². The number of hydrogen-bond acceptors (Lipinski definition) is 4. The molecule has 2 fully saturated rings. The second-order valence-electron chi connectivity index (χ2n) is 9.12. The molecule has 4 rings (SSSR count). The van der Waals surface area contributed by atoms with Crippen molar-refractivity contribution < 1.29 is 4.79 Å². The molecule has 1 amide bonds. The number of halogens is 1. The number of carbonyl (C=O) groups excluding carboxylic acids is 1. The molecule has 1 saturated heterocycles. The van der Waals surface area contributed by atoms with Gasteiger partial charge in [0, 0.05) is 47.0 Å². The van der Waals surface area contributed by atoms with Gasteiger partial charge in [-0.1, -0.05) is 49.1 Å². The maximum atomic E-state index is 12.6. The van der Waals surface area contributed by atoms with Gasteiger partial charge in [-0.05, 0) is 51.3 Å². The van der Waals surface area contributed by atoms with Crippen LogP contribution in [0.3, 0.4) is 0 Å². The van der Waals surface area contributed by atoms with Crippen molar-refractivity contribution in [1.29, 1.82) is 0 Å². The van der Waals surface area contributed by atoms with E-state index in [1.807, 2.05) is 32.0 Å². The van der Waals surface area contributed by atoms with E-state index in [0.717, 1.165) is 72.3 Å². The van der Waals surface area contributed by atoms with Gasteiger partial charge in [0.05, 0.1) is 6.42 Å². The molecule has 1 aromatic carbocycles. The highest BCUT2D eigenvalue weighted by Gasteiger charge is 2.27. The highest BCUT2D eigenvalue weighted by molar-refractivity contribution is 6.31. The highest BCUT2D eigenvalue weighted by Crippen LogP contribution is 2.28. The van der Waals surface area contributed by atoms with E-state index in [9.17, 15) is 4.79 Å². The molecule has 166 valence electrons. The molecule has 2 aliphatic rings. The third-order valence-corrected chi connectivity index (χ3v) is 7.10. The quantitative estimate of drug-likeness (QED) is 0.705. The lowest BCUT2D eigenvalue weighted by atomic mass is 9.95. The van der Waals surface area contributed by atoms with Crippen LogP contribution in [0.2, 0.25) is 5.02 Å². The maximum Gasteiger partial charge on any atom is 0.224 e. The molecule has 1 atom stereocenters. The van der Waals surface area contributed by atoms with E-state index < -0.39 is 0 Å². The fourth-order valence-electron chi connectivity index (χ4n) is 4.94. The van der Waals surface area contributed by atoms with Crippen molar-refractivity contribution in [2.24, 2.45) is 0 Å². The molecule has 1 aliphatic carbocycles.